The van der Waals surface area contributed by atoms with Gasteiger partial charge in [0.2, 0.25) is 11.8 Å². The van der Waals surface area contributed by atoms with Crippen LogP contribution in [0.15, 0.2) is 48.5 Å². The molecule has 2 aromatic rings. The quantitative estimate of drug-likeness (QED) is 0.758. The monoisotopic (exact) mass is 372 g/mol. The number of carbonyl (C=O) groups excluding carboxylic acids is 3. The highest BCUT2D eigenvalue weighted by Crippen LogP contribution is 2.17. The van der Waals surface area contributed by atoms with E-state index in [4.69, 9.17) is 11.6 Å². The average molecular weight is 373 g/mol. The Balaban J connectivity index is 1.95. The summed E-state index contributed by atoms with van der Waals surface area (Å²) in [4.78, 5) is 37.0. The van der Waals surface area contributed by atoms with E-state index in [9.17, 15) is 14.4 Å². The van der Waals surface area contributed by atoms with E-state index >= 15 is 0 Å². The Morgan fingerprint density at radius 3 is 2.35 bits per heavy atom. The molecule has 2 amide bonds. The molecular formula is C20H21ClN2O3. The summed E-state index contributed by atoms with van der Waals surface area (Å²) in [6.07, 6.45) is 0.669. The zero-order chi connectivity index (χ0) is 19.1. The molecule has 0 unspecified atom stereocenters. The van der Waals surface area contributed by atoms with Crippen LogP contribution in [0.3, 0.4) is 0 Å². The zero-order valence-corrected chi connectivity index (χ0v) is 15.5. The summed E-state index contributed by atoms with van der Waals surface area (Å²) in [6.45, 7) is 3.21. The van der Waals surface area contributed by atoms with Gasteiger partial charge in [-0.15, -0.1) is 0 Å². The molecule has 136 valence electrons. The van der Waals surface area contributed by atoms with Crippen LogP contribution in [-0.2, 0) is 16.0 Å². The van der Waals surface area contributed by atoms with Crippen molar-refractivity contribution in [3.05, 3.63) is 64.7 Å². The highest BCUT2D eigenvalue weighted by Gasteiger charge is 2.16. The topological polar surface area (TPSA) is 66.5 Å². The largest absolute Gasteiger partial charge is 0.354 e. The average Bonchev–Trinajstić information content (AvgIpc) is 2.61. The molecule has 0 heterocycles. The summed E-state index contributed by atoms with van der Waals surface area (Å²) in [5.41, 5.74) is 2.09. The molecule has 0 aliphatic rings. The Morgan fingerprint density at radius 1 is 1.04 bits per heavy atom. The maximum Gasteiger partial charge on any atom is 0.240 e. The van der Waals surface area contributed by atoms with Gasteiger partial charge in [-0.3, -0.25) is 14.4 Å². The first-order valence-corrected chi connectivity index (χ1v) is 8.65. The maximum atomic E-state index is 12.2. The third-order valence-corrected chi connectivity index (χ3v) is 4.15. The number of nitrogens with one attached hydrogen (secondary N) is 1. The molecule has 0 spiro atoms. The number of hydrogen-bond acceptors (Lipinski definition) is 3. The van der Waals surface area contributed by atoms with Crippen molar-refractivity contribution < 1.29 is 14.4 Å². The molecule has 0 atom stereocenters. The van der Waals surface area contributed by atoms with E-state index in [-0.39, 0.29) is 24.1 Å². The minimum atomic E-state index is -0.265. The first kappa shape index (κ1) is 19.7. The first-order chi connectivity index (χ1) is 12.4. The van der Waals surface area contributed by atoms with Crippen LogP contribution in [0.5, 0.6) is 0 Å². The van der Waals surface area contributed by atoms with Crippen LogP contribution in [-0.4, -0.2) is 30.7 Å². The normalized spacial score (nSPS) is 10.3. The van der Waals surface area contributed by atoms with Crippen molar-refractivity contribution in [2.75, 3.05) is 18.0 Å². The molecule has 0 aliphatic carbocycles. The van der Waals surface area contributed by atoms with E-state index in [0.29, 0.717) is 29.2 Å². The molecule has 2 rings (SSSR count). The molecule has 0 radical (unpaired) electrons. The Labute approximate surface area is 158 Å². The Kier molecular flexibility index (Phi) is 6.92. The number of hydrogen-bond donors (Lipinski definition) is 1. The van der Waals surface area contributed by atoms with Gasteiger partial charge in [0.05, 0.1) is 0 Å². The van der Waals surface area contributed by atoms with Crippen molar-refractivity contribution >= 4 is 34.9 Å². The molecule has 5 nitrogen and oxygen atoms in total. The van der Waals surface area contributed by atoms with Gasteiger partial charge in [-0.2, -0.15) is 0 Å². The van der Waals surface area contributed by atoms with Crippen molar-refractivity contribution in [3.63, 3.8) is 0 Å². The SMILES string of the molecule is CC(=O)c1cccc(N(CC(=O)NCCc2ccc(Cl)cc2)C(C)=O)c1. The fourth-order valence-corrected chi connectivity index (χ4v) is 2.60. The highest BCUT2D eigenvalue weighted by molar-refractivity contribution is 6.30. The molecule has 0 saturated heterocycles. The van der Waals surface area contributed by atoms with Crippen molar-refractivity contribution in [2.45, 2.75) is 20.3 Å². The molecular weight excluding hydrogens is 352 g/mol. The Hall–Kier alpha value is -2.66. The second-order valence-corrected chi connectivity index (χ2v) is 6.37. The van der Waals surface area contributed by atoms with Gasteiger partial charge >= 0.3 is 0 Å². The van der Waals surface area contributed by atoms with Gasteiger partial charge in [0.15, 0.2) is 5.78 Å². The van der Waals surface area contributed by atoms with Gasteiger partial charge in [0, 0.05) is 29.7 Å². The second-order valence-electron chi connectivity index (χ2n) is 5.94. The summed E-state index contributed by atoms with van der Waals surface area (Å²) < 4.78 is 0. The van der Waals surface area contributed by atoms with Crippen LogP contribution >= 0.6 is 11.6 Å². The minimum absolute atomic E-state index is 0.0947. The number of amides is 2. The van der Waals surface area contributed by atoms with Gasteiger partial charge in [-0.25, -0.2) is 0 Å². The third kappa shape index (κ3) is 5.70. The summed E-state index contributed by atoms with van der Waals surface area (Å²) in [5.74, 6) is -0.622. The number of carbonyl (C=O) groups is 3. The van der Waals surface area contributed by atoms with E-state index in [0.717, 1.165) is 5.56 Å². The first-order valence-electron chi connectivity index (χ1n) is 8.27. The molecule has 0 aromatic heterocycles. The van der Waals surface area contributed by atoms with Crippen LogP contribution in [0.4, 0.5) is 5.69 Å². The van der Waals surface area contributed by atoms with Crippen LogP contribution in [0.25, 0.3) is 0 Å². The fraction of sp³-hybridized carbons (Fsp3) is 0.250. The van der Waals surface area contributed by atoms with Crippen molar-refractivity contribution in [2.24, 2.45) is 0 Å². The van der Waals surface area contributed by atoms with E-state index in [1.165, 1.54) is 18.7 Å². The minimum Gasteiger partial charge on any atom is -0.354 e. The Morgan fingerprint density at radius 2 is 1.73 bits per heavy atom. The Bertz CT molecular complexity index is 803. The highest BCUT2D eigenvalue weighted by atomic mass is 35.5. The molecule has 2 aromatic carbocycles. The third-order valence-electron chi connectivity index (χ3n) is 3.90. The fourth-order valence-electron chi connectivity index (χ4n) is 2.47. The number of nitrogens with zero attached hydrogens (tertiary/aromatic N) is 1. The number of halogens is 1. The lowest BCUT2D eigenvalue weighted by Gasteiger charge is -2.21. The standard InChI is InChI=1S/C20H21ClN2O3/c1-14(24)17-4-3-5-19(12-17)23(15(2)25)13-20(26)22-11-10-16-6-8-18(21)9-7-16/h3-9,12H,10-11,13H2,1-2H3,(H,22,26). The predicted octanol–water partition coefficient (Wildman–Crippen LogP) is 3.25. The van der Waals surface area contributed by atoms with E-state index in [2.05, 4.69) is 5.32 Å². The van der Waals surface area contributed by atoms with Crippen molar-refractivity contribution in [1.29, 1.82) is 0 Å². The number of ketones is 1. The van der Waals surface area contributed by atoms with Gasteiger partial charge in [0.25, 0.3) is 0 Å². The lowest BCUT2D eigenvalue weighted by molar-refractivity contribution is -0.123. The summed E-state index contributed by atoms with van der Waals surface area (Å²) in [5, 5.41) is 3.47. The van der Waals surface area contributed by atoms with Crippen LogP contribution in [0.1, 0.15) is 29.8 Å². The van der Waals surface area contributed by atoms with Gasteiger partial charge in [0.1, 0.15) is 6.54 Å². The van der Waals surface area contributed by atoms with E-state index in [1.54, 1.807) is 36.4 Å². The molecule has 0 fully saturated rings. The van der Waals surface area contributed by atoms with Gasteiger partial charge < -0.3 is 10.2 Å². The van der Waals surface area contributed by atoms with E-state index < -0.39 is 0 Å². The molecule has 1 N–H and O–H groups in total. The van der Waals surface area contributed by atoms with Crippen LogP contribution in [0.2, 0.25) is 5.02 Å². The molecule has 6 heteroatoms. The number of Topliss-reactive ketones (excluding diaryl/α,β-unsaturated/α-hetero) is 1. The van der Waals surface area contributed by atoms with Gasteiger partial charge in [-0.1, -0.05) is 35.9 Å². The summed E-state index contributed by atoms with van der Waals surface area (Å²) in [7, 11) is 0. The molecule has 0 bridgehead atoms. The van der Waals surface area contributed by atoms with Crippen LogP contribution < -0.4 is 10.2 Å². The van der Waals surface area contributed by atoms with Crippen molar-refractivity contribution in [3.8, 4) is 0 Å². The maximum absolute atomic E-state index is 12.2. The van der Waals surface area contributed by atoms with Crippen LogP contribution in [0, 0.1) is 0 Å². The summed E-state index contributed by atoms with van der Waals surface area (Å²) in [6, 6.07) is 14.1. The lowest BCUT2D eigenvalue weighted by atomic mass is 10.1. The molecule has 0 saturated carbocycles. The molecule has 26 heavy (non-hydrogen) atoms. The smallest absolute Gasteiger partial charge is 0.240 e. The second kappa shape index (κ2) is 9.15. The number of benzene rings is 2. The van der Waals surface area contributed by atoms with Crippen molar-refractivity contribution in [1.82, 2.24) is 5.32 Å². The lowest BCUT2D eigenvalue weighted by Crippen LogP contribution is -2.40. The number of anilines is 1. The zero-order valence-electron chi connectivity index (χ0n) is 14.8. The molecule has 0 aliphatic heterocycles. The number of rotatable bonds is 7. The van der Waals surface area contributed by atoms with Gasteiger partial charge in [-0.05, 0) is 43.2 Å². The summed E-state index contributed by atoms with van der Waals surface area (Å²) >= 11 is 5.84. The predicted molar refractivity (Wildman–Crippen MR) is 103 cm³/mol. The van der Waals surface area contributed by atoms with E-state index in [1.807, 2.05) is 12.1 Å².